The van der Waals surface area contributed by atoms with Crippen LogP contribution in [0.5, 0.6) is 5.75 Å². The molecule has 2 aromatic rings. The molecule has 0 aromatic heterocycles. The summed E-state index contributed by atoms with van der Waals surface area (Å²) in [5.41, 5.74) is 0.777. The van der Waals surface area contributed by atoms with Crippen LogP contribution in [0.15, 0.2) is 54.6 Å². The molecule has 0 aliphatic rings. The molecule has 2 aromatic carbocycles. The highest BCUT2D eigenvalue weighted by Gasteiger charge is 2.11. The second-order valence-corrected chi connectivity index (χ2v) is 3.49. The zero-order valence-corrected chi connectivity index (χ0v) is 9.01. The number of benzene rings is 2. The van der Waals surface area contributed by atoms with E-state index >= 15 is 0 Å². The molecule has 1 unspecified atom stereocenters. The summed E-state index contributed by atoms with van der Waals surface area (Å²) in [5.74, 6) is 0.146. The molecule has 0 bridgehead atoms. The van der Waals surface area contributed by atoms with E-state index in [0.717, 1.165) is 5.56 Å². The molecule has 0 aliphatic carbocycles. The quantitative estimate of drug-likeness (QED) is 0.804. The van der Waals surface area contributed by atoms with Crippen molar-refractivity contribution < 1.29 is 9.13 Å². The molecule has 0 N–H and O–H groups in total. The molecule has 17 heavy (non-hydrogen) atoms. The van der Waals surface area contributed by atoms with Gasteiger partial charge in [-0.1, -0.05) is 30.3 Å². The van der Waals surface area contributed by atoms with E-state index < -0.39 is 6.10 Å². The second-order valence-electron chi connectivity index (χ2n) is 3.49. The van der Waals surface area contributed by atoms with Crippen LogP contribution >= 0.6 is 0 Å². The maximum absolute atomic E-state index is 12.7. The third-order valence-electron chi connectivity index (χ3n) is 2.29. The van der Waals surface area contributed by atoms with Crippen molar-refractivity contribution in [3.63, 3.8) is 0 Å². The first kappa shape index (κ1) is 11.2. The number of halogens is 1. The molecular weight excluding hydrogens is 217 g/mol. The number of hydrogen-bond acceptors (Lipinski definition) is 2. The van der Waals surface area contributed by atoms with Gasteiger partial charge in [0.1, 0.15) is 17.6 Å². The fraction of sp³-hybridized carbons (Fsp3) is 0.0714. The minimum Gasteiger partial charge on any atom is -0.471 e. The summed E-state index contributed by atoms with van der Waals surface area (Å²) in [5, 5.41) is 9.05. The van der Waals surface area contributed by atoms with Crippen LogP contribution in [0.3, 0.4) is 0 Å². The van der Waals surface area contributed by atoms with E-state index in [-0.39, 0.29) is 5.82 Å². The van der Waals surface area contributed by atoms with Crippen molar-refractivity contribution in [2.45, 2.75) is 6.10 Å². The van der Waals surface area contributed by atoms with Gasteiger partial charge in [-0.05, 0) is 24.3 Å². The van der Waals surface area contributed by atoms with Crippen LogP contribution in [0, 0.1) is 17.1 Å². The average Bonchev–Trinajstić information content (AvgIpc) is 2.39. The van der Waals surface area contributed by atoms with Gasteiger partial charge in [0.05, 0.1) is 0 Å². The number of nitriles is 1. The minimum absolute atomic E-state index is 0.328. The van der Waals surface area contributed by atoms with Gasteiger partial charge < -0.3 is 4.74 Å². The molecule has 1 atom stereocenters. The van der Waals surface area contributed by atoms with E-state index in [4.69, 9.17) is 10.00 Å². The predicted octanol–water partition coefficient (Wildman–Crippen LogP) is 3.47. The van der Waals surface area contributed by atoms with Gasteiger partial charge in [-0.3, -0.25) is 0 Å². The summed E-state index contributed by atoms with van der Waals surface area (Å²) in [7, 11) is 0. The number of nitrogens with zero attached hydrogens (tertiary/aromatic N) is 1. The largest absolute Gasteiger partial charge is 0.471 e. The lowest BCUT2D eigenvalue weighted by Crippen LogP contribution is -2.04. The summed E-state index contributed by atoms with van der Waals surface area (Å²) in [4.78, 5) is 0. The molecule has 84 valence electrons. The molecular formula is C14H10FNO. The van der Waals surface area contributed by atoms with Crippen LogP contribution in [0.25, 0.3) is 0 Å². The van der Waals surface area contributed by atoms with Crippen molar-refractivity contribution in [2.24, 2.45) is 0 Å². The Morgan fingerprint density at radius 1 is 1.00 bits per heavy atom. The van der Waals surface area contributed by atoms with Gasteiger partial charge in [-0.15, -0.1) is 0 Å². The Morgan fingerprint density at radius 3 is 2.24 bits per heavy atom. The second kappa shape index (κ2) is 5.13. The van der Waals surface area contributed by atoms with Gasteiger partial charge in [0.15, 0.2) is 0 Å². The van der Waals surface area contributed by atoms with Crippen molar-refractivity contribution in [3.05, 3.63) is 66.0 Å². The average molecular weight is 227 g/mol. The number of rotatable bonds is 3. The van der Waals surface area contributed by atoms with Gasteiger partial charge in [0.25, 0.3) is 0 Å². The molecule has 0 fully saturated rings. The lowest BCUT2D eigenvalue weighted by molar-refractivity contribution is 0.262. The van der Waals surface area contributed by atoms with E-state index in [1.54, 1.807) is 0 Å². The first-order valence-electron chi connectivity index (χ1n) is 5.16. The van der Waals surface area contributed by atoms with Crippen LogP contribution in [-0.2, 0) is 0 Å². The maximum Gasteiger partial charge on any atom is 0.209 e. The highest BCUT2D eigenvalue weighted by Crippen LogP contribution is 2.21. The molecule has 0 amide bonds. The fourth-order valence-corrected chi connectivity index (χ4v) is 1.45. The number of hydrogen-bond donors (Lipinski definition) is 0. The molecule has 0 radical (unpaired) electrons. The summed E-state index contributed by atoms with van der Waals surface area (Å²) in [6.45, 7) is 0. The van der Waals surface area contributed by atoms with Crippen LogP contribution in [0.4, 0.5) is 4.39 Å². The SMILES string of the molecule is N#CC(Oc1ccc(F)cc1)c1ccccc1. The summed E-state index contributed by atoms with van der Waals surface area (Å²) < 4.78 is 18.2. The first-order chi connectivity index (χ1) is 8.29. The zero-order chi connectivity index (χ0) is 12.1. The lowest BCUT2D eigenvalue weighted by Gasteiger charge is -2.12. The van der Waals surface area contributed by atoms with Crippen molar-refractivity contribution in [2.75, 3.05) is 0 Å². The maximum atomic E-state index is 12.7. The highest BCUT2D eigenvalue weighted by atomic mass is 19.1. The normalized spacial score (nSPS) is 11.5. The Bertz CT molecular complexity index is 516. The van der Waals surface area contributed by atoms with E-state index in [1.165, 1.54) is 24.3 Å². The van der Waals surface area contributed by atoms with Gasteiger partial charge in [-0.2, -0.15) is 5.26 Å². The van der Waals surface area contributed by atoms with E-state index in [1.807, 2.05) is 30.3 Å². The molecule has 0 spiro atoms. The summed E-state index contributed by atoms with van der Waals surface area (Å²) >= 11 is 0. The van der Waals surface area contributed by atoms with Gasteiger partial charge in [-0.25, -0.2) is 4.39 Å². The van der Waals surface area contributed by atoms with Crippen molar-refractivity contribution in [1.29, 1.82) is 5.26 Å². The molecule has 0 heterocycles. The Hall–Kier alpha value is -2.34. The van der Waals surface area contributed by atoms with Crippen molar-refractivity contribution >= 4 is 0 Å². The van der Waals surface area contributed by atoms with Crippen molar-refractivity contribution in [3.8, 4) is 11.8 Å². The summed E-state index contributed by atoms with van der Waals surface area (Å²) in [6, 6.07) is 16.9. The molecule has 0 saturated heterocycles. The van der Waals surface area contributed by atoms with E-state index in [9.17, 15) is 4.39 Å². The molecule has 3 heteroatoms. The Labute approximate surface area is 98.9 Å². The monoisotopic (exact) mass is 227 g/mol. The van der Waals surface area contributed by atoms with Gasteiger partial charge >= 0.3 is 0 Å². The molecule has 2 nitrogen and oxygen atoms in total. The fourth-order valence-electron chi connectivity index (χ4n) is 1.45. The predicted molar refractivity (Wildman–Crippen MR) is 61.8 cm³/mol. The Balaban J connectivity index is 2.17. The molecule has 0 aliphatic heterocycles. The van der Waals surface area contributed by atoms with Crippen LogP contribution in [0.2, 0.25) is 0 Å². The molecule has 2 rings (SSSR count). The van der Waals surface area contributed by atoms with Crippen LogP contribution < -0.4 is 4.74 Å². The standard InChI is InChI=1S/C14H10FNO/c15-12-6-8-13(9-7-12)17-14(10-16)11-4-2-1-3-5-11/h1-9,14H. The molecule has 0 saturated carbocycles. The zero-order valence-electron chi connectivity index (χ0n) is 9.01. The van der Waals surface area contributed by atoms with Gasteiger partial charge in [0.2, 0.25) is 6.10 Å². The Morgan fingerprint density at radius 2 is 1.65 bits per heavy atom. The van der Waals surface area contributed by atoms with E-state index in [2.05, 4.69) is 6.07 Å². The first-order valence-corrected chi connectivity index (χ1v) is 5.16. The van der Waals surface area contributed by atoms with Crippen LogP contribution in [0.1, 0.15) is 11.7 Å². The van der Waals surface area contributed by atoms with Crippen LogP contribution in [-0.4, -0.2) is 0 Å². The van der Waals surface area contributed by atoms with Gasteiger partial charge in [0, 0.05) is 5.56 Å². The third kappa shape index (κ3) is 2.82. The van der Waals surface area contributed by atoms with Crippen molar-refractivity contribution in [1.82, 2.24) is 0 Å². The minimum atomic E-state index is -0.679. The van der Waals surface area contributed by atoms with E-state index in [0.29, 0.717) is 5.75 Å². The Kier molecular flexibility index (Phi) is 3.37. The third-order valence-corrected chi connectivity index (χ3v) is 2.29. The topological polar surface area (TPSA) is 33.0 Å². The summed E-state index contributed by atoms with van der Waals surface area (Å²) in [6.07, 6.45) is -0.679. The number of ether oxygens (including phenoxy) is 1. The lowest BCUT2D eigenvalue weighted by atomic mass is 10.1. The highest BCUT2D eigenvalue weighted by molar-refractivity contribution is 5.27. The smallest absolute Gasteiger partial charge is 0.209 e.